The van der Waals surface area contributed by atoms with Crippen LogP contribution in [0.1, 0.15) is 17.3 Å². The first kappa shape index (κ1) is 19.0. The number of esters is 1. The van der Waals surface area contributed by atoms with E-state index in [9.17, 15) is 9.59 Å². The summed E-state index contributed by atoms with van der Waals surface area (Å²) in [6.45, 7) is 6.32. The quantitative estimate of drug-likeness (QED) is 0.744. The number of halogens is 2. The molecule has 0 unspecified atom stereocenters. The largest absolute Gasteiger partial charge is 0.465 e. The molecule has 1 heterocycles. The van der Waals surface area contributed by atoms with Crippen LogP contribution in [0.4, 0.5) is 5.69 Å². The lowest BCUT2D eigenvalue weighted by atomic mass is 10.1. The Bertz CT molecular complexity index is 619. The van der Waals surface area contributed by atoms with Crippen LogP contribution in [0.25, 0.3) is 0 Å². The first-order valence-corrected chi connectivity index (χ1v) is 8.88. The topological polar surface area (TPSA) is 61.9 Å². The fraction of sp³-hybridized carbons (Fsp3) is 0.500. The van der Waals surface area contributed by atoms with Gasteiger partial charge >= 0.3 is 5.97 Å². The number of hydrogen-bond donors (Lipinski definition) is 1. The number of amides is 1. The van der Waals surface area contributed by atoms with E-state index in [0.29, 0.717) is 22.8 Å². The molecule has 132 valence electrons. The van der Waals surface area contributed by atoms with Gasteiger partial charge in [0.05, 0.1) is 18.4 Å². The van der Waals surface area contributed by atoms with E-state index in [4.69, 9.17) is 16.3 Å². The third-order valence-corrected chi connectivity index (χ3v) is 4.85. The monoisotopic (exact) mass is 417 g/mol. The third kappa shape index (κ3) is 4.84. The molecule has 0 radical (unpaired) electrons. The molecule has 0 aliphatic carbocycles. The van der Waals surface area contributed by atoms with Crippen molar-refractivity contribution in [1.82, 2.24) is 9.80 Å². The van der Waals surface area contributed by atoms with Crippen LogP contribution < -0.4 is 5.32 Å². The van der Waals surface area contributed by atoms with Gasteiger partial charge in [-0.05, 0) is 28.1 Å². The summed E-state index contributed by atoms with van der Waals surface area (Å²) in [5, 5.41) is 3.74. The van der Waals surface area contributed by atoms with Crippen molar-refractivity contribution in [1.29, 1.82) is 0 Å². The molecule has 0 saturated carbocycles. The summed E-state index contributed by atoms with van der Waals surface area (Å²) in [7, 11) is 1.34. The van der Waals surface area contributed by atoms with Gasteiger partial charge in [-0.15, -0.1) is 0 Å². The van der Waals surface area contributed by atoms with Crippen molar-refractivity contribution in [2.75, 3.05) is 51.7 Å². The Morgan fingerprint density at radius 3 is 2.54 bits per heavy atom. The van der Waals surface area contributed by atoms with Gasteiger partial charge in [0.2, 0.25) is 5.91 Å². The Labute approximate surface area is 155 Å². The molecule has 1 amide bonds. The predicted molar refractivity (Wildman–Crippen MR) is 97.7 cm³/mol. The summed E-state index contributed by atoms with van der Waals surface area (Å²) in [6.07, 6.45) is 0. The highest BCUT2D eigenvalue weighted by atomic mass is 79.9. The summed E-state index contributed by atoms with van der Waals surface area (Å²) in [5.74, 6) is -0.309. The highest BCUT2D eigenvalue weighted by Gasteiger charge is 2.19. The summed E-state index contributed by atoms with van der Waals surface area (Å²) < 4.78 is 5.53. The number of hydrogen-bond acceptors (Lipinski definition) is 5. The maximum absolute atomic E-state index is 11.9. The number of rotatable bonds is 5. The van der Waals surface area contributed by atoms with Crippen molar-refractivity contribution in [2.45, 2.75) is 6.92 Å². The molecule has 0 aromatic heterocycles. The Morgan fingerprint density at radius 1 is 1.29 bits per heavy atom. The van der Waals surface area contributed by atoms with E-state index in [2.05, 4.69) is 26.1 Å². The van der Waals surface area contributed by atoms with Crippen LogP contribution in [0.5, 0.6) is 0 Å². The van der Waals surface area contributed by atoms with Crippen LogP contribution in [0.3, 0.4) is 0 Å². The van der Waals surface area contributed by atoms with E-state index in [1.807, 2.05) is 4.90 Å². The van der Waals surface area contributed by atoms with Gasteiger partial charge in [-0.1, -0.05) is 11.6 Å². The van der Waals surface area contributed by atoms with E-state index in [1.165, 1.54) is 7.11 Å². The summed E-state index contributed by atoms with van der Waals surface area (Å²) in [5.41, 5.74) is 1.08. The zero-order chi connectivity index (χ0) is 17.7. The van der Waals surface area contributed by atoms with Gasteiger partial charge < -0.3 is 15.0 Å². The molecule has 0 bridgehead atoms. The highest BCUT2D eigenvalue weighted by molar-refractivity contribution is 9.10. The molecule has 1 N–H and O–H groups in total. The minimum atomic E-state index is -0.434. The van der Waals surface area contributed by atoms with Crippen molar-refractivity contribution >= 4 is 45.1 Å². The lowest BCUT2D eigenvalue weighted by Crippen LogP contribution is -2.49. The molecule has 1 aromatic rings. The van der Waals surface area contributed by atoms with Gasteiger partial charge in [-0.3, -0.25) is 9.69 Å². The van der Waals surface area contributed by atoms with Crippen LogP contribution in [-0.4, -0.2) is 68.1 Å². The number of anilines is 1. The van der Waals surface area contributed by atoms with Gasteiger partial charge in [-0.2, -0.15) is 0 Å². The lowest BCUT2D eigenvalue weighted by Gasteiger charge is -2.34. The van der Waals surface area contributed by atoms with Crippen LogP contribution >= 0.6 is 27.5 Å². The Balaban J connectivity index is 1.93. The van der Waals surface area contributed by atoms with E-state index in [1.54, 1.807) is 19.1 Å². The van der Waals surface area contributed by atoms with Gasteiger partial charge in [-0.25, -0.2) is 4.79 Å². The number of methoxy groups -OCH3 is 1. The fourth-order valence-electron chi connectivity index (χ4n) is 2.65. The number of benzene rings is 1. The zero-order valence-corrected chi connectivity index (χ0v) is 16.1. The van der Waals surface area contributed by atoms with Crippen LogP contribution in [0.15, 0.2) is 16.6 Å². The molecule has 1 fully saturated rings. The normalized spacial score (nSPS) is 15.2. The summed E-state index contributed by atoms with van der Waals surface area (Å²) in [6, 6.07) is 3.33. The predicted octanol–water partition coefficient (Wildman–Crippen LogP) is 2.47. The molecule has 8 heteroatoms. The van der Waals surface area contributed by atoms with Crippen molar-refractivity contribution in [3.8, 4) is 0 Å². The molecular formula is C16H21BrClN3O3. The molecule has 6 nitrogen and oxygen atoms in total. The van der Waals surface area contributed by atoms with Crippen LogP contribution in [0, 0.1) is 0 Å². The lowest BCUT2D eigenvalue weighted by molar-refractivity contribution is -0.130. The average Bonchev–Trinajstić information content (AvgIpc) is 2.56. The van der Waals surface area contributed by atoms with Crippen LogP contribution in [-0.2, 0) is 9.53 Å². The minimum Gasteiger partial charge on any atom is -0.465 e. The summed E-state index contributed by atoms with van der Waals surface area (Å²) in [4.78, 5) is 27.4. The van der Waals surface area contributed by atoms with Crippen molar-refractivity contribution in [3.05, 3.63) is 27.2 Å². The van der Waals surface area contributed by atoms with Crippen molar-refractivity contribution in [3.63, 3.8) is 0 Å². The smallest absolute Gasteiger partial charge is 0.340 e. The van der Waals surface area contributed by atoms with E-state index in [0.717, 1.165) is 37.2 Å². The third-order valence-electron chi connectivity index (χ3n) is 4.01. The second-order valence-corrected chi connectivity index (χ2v) is 6.87. The molecule has 1 aliphatic rings. The molecule has 1 aliphatic heterocycles. The molecular weight excluding hydrogens is 398 g/mol. The standard InChI is InChI=1S/C16H21BrClN3O3/c1-11(22)21-7-5-20(6-8-21)4-3-19-15-13(16(23)24-2)9-12(18)10-14(15)17/h9-10,19H,3-8H2,1-2H3. The molecule has 2 rings (SSSR count). The molecule has 24 heavy (non-hydrogen) atoms. The number of carbonyl (C=O) groups is 2. The zero-order valence-electron chi connectivity index (χ0n) is 13.8. The molecule has 0 spiro atoms. The number of piperazine rings is 1. The second-order valence-electron chi connectivity index (χ2n) is 5.58. The number of carbonyl (C=O) groups excluding carboxylic acids is 2. The van der Waals surface area contributed by atoms with Gasteiger partial charge in [0, 0.05) is 55.7 Å². The minimum absolute atomic E-state index is 0.126. The molecule has 1 saturated heterocycles. The Morgan fingerprint density at radius 2 is 1.96 bits per heavy atom. The summed E-state index contributed by atoms with van der Waals surface area (Å²) >= 11 is 9.45. The highest BCUT2D eigenvalue weighted by Crippen LogP contribution is 2.31. The van der Waals surface area contributed by atoms with Gasteiger partial charge in [0.1, 0.15) is 0 Å². The Hall–Kier alpha value is -1.31. The Kier molecular flexibility index (Phi) is 6.89. The maximum Gasteiger partial charge on any atom is 0.340 e. The maximum atomic E-state index is 11.9. The van der Waals surface area contributed by atoms with E-state index in [-0.39, 0.29) is 5.91 Å². The fourth-order valence-corrected chi connectivity index (χ4v) is 3.60. The molecule has 1 aromatic carbocycles. The number of nitrogens with one attached hydrogen (secondary N) is 1. The SMILES string of the molecule is COC(=O)c1cc(Cl)cc(Br)c1NCCN1CCN(C(C)=O)CC1. The first-order chi connectivity index (χ1) is 11.4. The van der Waals surface area contributed by atoms with Crippen molar-refractivity contribution < 1.29 is 14.3 Å². The number of nitrogens with zero attached hydrogens (tertiary/aromatic N) is 2. The average molecular weight is 419 g/mol. The second kappa shape index (κ2) is 8.69. The van der Waals surface area contributed by atoms with Crippen LogP contribution in [0.2, 0.25) is 5.02 Å². The van der Waals surface area contributed by atoms with E-state index < -0.39 is 5.97 Å². The van der Waals surface area contributed by atoms with Gasteiger partial charge in [0.15, 0.2) is 0 Å². The van der Waals surface area contributed by atoms with E-state index >= 15 is 0 Å². The van der Waals surface area contributed by atoms with Crippen molar-refractivity contribution in [2.24, 2.45) is 0 Å². The first-order valence-electron chi connectivity index (χ1n) is 7.71. The number of ether oxygens (including phenoxy) is 1. The van der Waals surface area contributed by atoms with Gasteiger partial charge in [0.25, 0.3) is 0 Å². The molecule has 0 atom stereocenters.